The minimum Gasteiger partial charge on any atom is -0.292 e. The molecule has 1 aromatic heterocycles. The van der Waals surface area contributed by atoms with Crippen LogP contribution in [0.15, 0.2) is 45.8 Å². The van der Waals surface area contributed by atoms with Crippen molar-refractivity contribution >= 4 is 55.5 Å². The zero-order valence-corrected chi connectivity index (χ0v) is 13.9. The molecule has 1 aromatic carbocycles. The number of Topliss-reactive ketones (excluding diaryl/α,β-unsaturated/α-hetero) is 1. The summed E-state index contributed by atoms with van der Waals surface area (Å²) in [5.41, 5.74) is 0. The lowest BCUT2D eigenvalue weighted by atomic mass is 10.2. The number of rotatable bonds is 4. The topological polar surface area (TPSA) is 34.1 Å². The third-order valence-corrected chi connectivity index (χ3v) is 5.92. The van der Waals surface area contributed by atoms with Crippen LogP contribution in [0.1, 0.15) is 16.6 Å². The molecule has 0 aliphatic rings. The van der Waals surface area contributed by atoms with Gasteiger partial charge >= 0.3 is 0 Å². The minimum atomic E-state index is -1.36. The Morgan fingerprint density at radius 1 is 1.26 bits per heavy atom. The van der Waals surface area contributed by atoms with E-state index >= 15 is 0 Å². The molecule has 6 heteroatoms. The molecule has 2 aromatic rings. The summed E-state index contributed by atoms with van der Waals surface area (Å²) in [5.74, 6) is -0.141. The van der Waals surface area contributed by atoms with E-state index in [0.717, 1.165) is 4.47 Å². The number of hydrogen-bond donors (Lipinski definition) is 0. The molecule has 0 aliphatic carbocycles. The SMILES string of the molecule is CC(C(=O)c1ccc(Cl)s1)S(=O)c1ccc(Br)cc1. The van der Waals surface area contributed by atoms with Gasteiger partial charge in [0.05, 0.1) is 20.0 Å². The molecule has 0 aliphatic heterocycles. The lowest BCUT2D eigenvalue weighted by Crippen LogP contribution is -2.22. The van der Waals surface area contributed by atoms with Crippen molar-refractivity contribution in [2.45, 2.75) is 17.1 Å². The van der Waals surface area contributed by atoms with E-state index in [1.54, 1.807) is 31.2 Å². The maximum atomic E-state index is 12.3. The average Bonchev–Trinajstić information content (AvgIpc) is 2.84. The Bertz CT molecular complexity index is 622. The predicted molar refractivity (Wildman–Crippen MR) is 83.7 cm³/mol. The highest BCUT2D eigenvalue weighted by molar-refractivity contribution is 9.10. The highest BCUT2D eigenvalue weighted by Crippen LogP contribution is 2.25. The molecule has 2 atom stereocenters. The lowest BCUT2D eigenvalue weighted by Gasteiger charge is -2.09. The largest absolute Gasteiger partial charge is 0.292 e. The second-order valence-electron chi connectivity index (χ2n) is 3.86. The zero-order valence-electron chi connectivity index (χ0n) is 9.93. The van der Waals surface area contributed by atoms with Crippen molar-refractivity contribution in [1.29, 1.82) is 0 Å². The number of halogens is 2. The molecule has 2 unspecified atom stereocenters. The lowest BCUT2D eigenvalue weighted by molar-refractivity contribution is 0.0996. The molecule has 1 heterocycles. The molecule has 0 bridgehead atoms. The molecular formula is C13H10BrClO2S2. The van der Waals surface area contributed by atoms with E-state index in [1.807, 2.05) is 12.1 Å². The number of thiophene rings is 1. The van der Waals surface area contributed by atoms with Crippen molar-refractivity contribution in [3.05, 3.63) is 50.1 Å². The van der Waals surface area contributed by atoms with E-state index in [0.29, 0.717) is 14.1 Å². The Morgan fingerprint density at radius 3 is 2.42 bits per heavy atom. The van der Waals surface area contributed by atoms with E-state index in [9.17, 15) is 9.00 Å². The van der Waals surface area contributed by atoms with E-state index in [1.165, 1.54) is 11.3 Å². The number of carbonyl (C=O) groups is 1. The van der Waals surface area contributed by atoms with Crippen LogP contribution in [0.5, 0.6) is 0 Å². The monoisotopic (exact) mass is 376 g/mol. The maximum Gasteiger partial charge on any atom is 0.188 e. The van der Waals surface area contributed by atoms with Gasteiger partial charge in [0.15, 0.2) is 5.78 Å². The van der Waals surface area contributed by atoms with Crippen molar-refractivity contribution in [3.8, 4) is 0 Å². The van der Waals surface area contributed by atoms with Gasteiger partial charge in [-0.3, -0.25) is 9.00 Å². The van der Waals surface area contributed by atoms with Gasteiger partial charge in [0.2, 0.25) is 0 Å². The molecule has 0 saturated carbocycles. The fourth-order valence-corrected chi connectivity index (χ4v) is 4.06. The smallest absolute Gasteiger partial charge is 0.188 e. The van der Waals surface area contributed by atoms with Crippen LogP contribution in [-0.2, 0) is 10.8 Å². The molecule has 0 radical (unpaired) electrons. The van der Waals surface area contributed by atoms with Crippen molar-refractivity contribution in [3.63, 3.8) is 0 Å². The van der Waals surface area contributed by atoms with Gasteiger partial charge in [-0.1, -0.05) is 27.5 Å². The molecule has 2 rings (SSSR count). The fraction of sp³-hybridized carbons (Fsp3) is 0.154. The summed E-state index contributed by atoms with van der Waals surface area (Å²) < 4.78 is 13.8. The molecule has 0 N–H and O–H groups in total. The fourth-order valence-electron chi connectivity index (χ4n) is 1.52. The molecular weight excluding hydrogens is 368 g/mol. The zero-order chi connectivity index (χ0) is 14.0. The summed E-state index contributed by atoms with van der Waals surface area (Å²) in [6.07, 6.45) is 0. The molecule has 100 valence electrons. The Morgan fingerprint density at radius 2 is 1.89 bits per heavy atom. The molecule has 0 amide bonds. The van der Waals surface area contributed by atoms with Gasteiger partial charge < -0.3 is 0 Å². The Hall–Kier alpha value is -0.490. The van der Waals surface area contributed by atoms with Gasteiger partial charge in [-0.05, 0) is 43.3 Å². The van der Waals surface area contributed by atoms with Crippen molar-refractivity contribution in [2.75, 3.05) is 0 Å². The number of hydrogen-bond acceptors (Lipinski definition) is 3. The number of carbonyl (C=O) groups excluding carboxylic acids is 1. The van der Waals surface area contributed by atoms with Crippen LogP contribution in [0.25, 0.3) is 0 Å². The third kappa shape index (κ3) is 3.54. The van der Waals surface area contributed by atoms with Crippen LogP contribution >= 0.6 is 38.9 Å². The van der Waals surface area contributed by atoms with Crippen molar-refractivity contribution in [2.24, 2.45) is 0 Å². The first-order chi connectivity index (χ1) is 8.99. The quantitative estimate of drug-likeness (QED) is 0.733. The first-order valence-electron chi connectivity index (χ1n) is 5.44. The molecule has 2 nitrogen and oxygen atoms in total. The molecule has 0 saturated heterocycles. The van der Waals surface area contributed by atoms with Crippen LogP contribution in [0, 0.1) is 0 Å². The summed E-state index contributed by atoms with van der Waals surface area (Å²) in [6, 6.07) is 10.5. The first-order valence-corrected chi connectivity index (χ1v) is 8.65. The Labute approximate surface area is 131 Å². The molecule has 19 heavy (non-hydrogen) atoms. The second-order valence-corrected chi connectivity index (χ2v) is 8.27. The van der Waals surface area contributed by atoms with Crippen LogP contribution < -0.4 is 0 Å². The molecule has 0 spiro atoms. The van der Waals surface area contributed by atoms with Gasteiger partial charge in [-0.15, -0.1) is 11.3 Å². The van der Waals surface area contributed by atoms with Crippen molar-refractivity contribution in [1.82, 2.24) is 0 Å². The highest BCUT2D eigenvalue weighted by atomic mass is 79.9. The van der Waals surface area contributed by atoms with Crippen LogP contribution in [0.2, 0.25) is 4.34 Å². The van der Waals surface area contributed by atoms with Crippen LogP contribution in [0.3, 0.4) is 0 Å². The summed E-state index contributed by atoms with van der Waals surface area (Å²) >= 11 is 10.3. The van der Waals surface area contributed by atoms with E-state index in [2.05, 4.69) is 15.9 Å². The van der Waals surface area contributed by atoms with E-state index in [-0.39, 0.29) is 5.78 Å². The minimum absolute atomic E-state index is 0.141. The average molecular weight is 378 g/mol. The third-order valence-electron chi connectivity index (χ3n) is 2.55. The standard InChI is InChI=1S/C13H10BrClO2S2/c1-8(13(16)11-6-7-12(15)18-11)19(17)10-4-2-9(14)3-5-10/h2-8H,1H3. The second kappa shape index (κ2) is 6.31. The summed E-state index contributed by atoms with van der Waals surface area (Å²) in [5, 5.41) is -0.587. The van der Waals surface area contributed by atoms with Gasteiger partial charge in [0.1, 0.15) is 5.25 Å². The van der Waals surface area contributed by atoms with Gasteiger partial charge in [0.25, 0.3) is 0 Å². The van der Waals surface area contributed by atoms with Gasteiger partial charge in [0, 0.05) is 9.37 Å². The van der Waals surface area contributed by atoms with E-state index < -0.39 is 16.0 Å². The maximum absolute atomic E-state index is 12.3. The van der Waals surface area contributed by atoms with Crippen LogP contribution in [-0.4, -0.2) is 15.2 Å². The summed E-state index contributed by atoms with van der Waals surface area (Å²) in [4.78, 5) is 13.4. The van der Waals surface area contributed by atoms with Crippen LogP contribution in [0.4, 0.5) is 0 Å². The number of benzene rings is 1. The summed E-state index contributed by atoms with van der Waals surface area (Å²) in [6.45, 7) is 1.67. The predicted octanol–water partition coefficient (Wildman–Crippen LogP) is 4.54. The Kier molecular flexibility index (Phi) is 4.95. The highest BCUT2D eigenvalue weighted by Gasteiger charge is 2.23. The normalized spacial score (nSPS) is 14.1. The van der Waals surface area contributed by atoms with Gasteiger partial charge in [-0.2, -0.15) is 0 Å². The molecule has 0 fully saturated rings. The number of ketones is 1. The summed E-state index contributed by atoms with van der Waals surface area (Å²) in [7, 11) is -1.36. The van der Waals surface area contributed by atoms with E-state index in [4.69, 9.17) is 11.6 Å². The van der Waals surface area contributed by atoms with Gasteiger partial charge in [-0.25, -0.2) is 0 Å². The first kappa shape index (κ1) is 14.9. The van der Waals surface area contributed by atoms with Crippen molar-refractivity contribution < 1.29 is 9.00 Å². The Balaban J connectivity index is 2.19.